The second-order valence-corrected chi connectivity index (χ2v) is 7.73. The lowest BCUT2D eigenvalue weighted by Crippen LogP contribution is -2.26. The summed E-state index contributed by atoms with van der Waals surface area (Å²) in [5.74, 6) is -0.313. The number of carbonyl (C=O) groups excluding carboxylic acids is 1. The molecule has 158 valence electrons. The van der Waals surface area contributed by atoms with E-state index < -0.39 is 10.5 Å². The second-order valence-electron chi connectivity index (χ2n) is 7.73. The van der Waals surface area contributed by atoms with Crippen LogP contribution in [0, 0.1) is 10.1 Å². The third kappa shape index (κ3) is 6.16. The number of pyridine rings is 1. The highest BCUT2D eigenvalue weighted by Crippen LogP contribution is 2.26. The lowest BCUT2D eigenvalue weighted by Gasteiger charge is -2.29. The molecule has 0 fully saturated rings. The molecule has 0 aliphatic rings. The number of nitrogens with zero attached hydrogens (tertiary/aromatic N) is 4. The predicted octanol–water partition coefficient (Wildman–Crippen LogP) is 4.55. The molecule has 8 nitrogen and oxygen atoms in total. The first-order chi connectivity index (χ1) is 14.0. The van der Waals surface area contributed by atoms with Crippen molar-refractivity contribution >= 4 is 23.0 Å². The van der Waals surface area contributed by atoms with E-state index in [9.17, 15) is 14.9 Å². The second kappa shape index (κ2) is 9.21. The summed E-state index contributed by atoms with van der Waals surface area (Å²) in [6, 6.07) is 10.3. The van der Waals surface area contributed by atoms with Crippen LogP contribution in [0.4, 0.5) is 17.2 Å². The molecule has 2 rings (SSSR count). The van der Waals surface area contributed by atoms with Gasteiger partial charge in [0.25, 0.3) is 0 Å². The van der Waals surface area contributed by atoms with Crippen molar-refractivity contribution in [2.75, 3.05) is 23.9 Å². The summed E-state index contributed by atoms with van der Waals surface area (Å²) in [5, 5.41) is 10.7. The Balaban J connectivity index is 2.30. The van der Waals surface area contributed by atoms with Gasteiger partial charge in [-0.25, -0.2) is 0 Å². The fraction of sp³-hybridized carbons (Fsp3) is 0.273. The molecule has 1 aromatic heterocycles. The molecule has 0 radical (unpaired) electrons. The highest BCUT2D eigenvalue weighted by molar-refractivity contribution is 6.04. The van der Waals surface area contributed by atoms with E-state index in [2.05, 4.69) is 11.6 Å². The van der Waals surface area contributed by atoms with Crippen molar-refractivity contribution in [1.29, 1.82) is 0 Å². The van der Waals surface area contributed by atoms with E-state index in [1.54, 1.807) is 11.1 Å². The van der Waals surface area contributed by atoms with E-state index in [0.29, 0.717) is 5.88 Å². The third-order valence-corrected chi connectivity index (χ3v) is 3.93. The van der Waals surface area contributed by atoms with Gasteiger partial charge in [0.1, 0.15) is 5.60 Å². The summed E-state index contributed by atoms with van der Waals surface area (Å²) >= 11 is 0. The minimum absolute atomic E-state index is 0.238. The minimum Gasteiger partial charge on any atom is -0.473 e. The van der Waals surface area contributed by atoms with E-state index in [1.165, 1.54) is 24.4 Å². The number of benzene rings is 1. The molecule has 0 unspecified atom stereocenters. The Hall–Kier alpha value is -3.68. The van der Waals surface area contributed by atoms with Gasteiger partial charge in [-0.15, -0.1) is 0 Å². The molecule has 0 atom stereocenters. The standard InChI is InChI=1S/C22H26N4O4/c1-16(30-22(2,3)4)25(19-10-8-18(9-11-19)24(5)6)14-13-20(27)17-7-12-21(23-15-17)26(28)29/h7-15H,1H2,2-6H3/b14-13+. The Morgan fingerprint density at radius 2 is 1.73 bits per heavy atom. The lowest BCUT2D eigenvalue weighted by atomic mass is 10.2. The first-order valence-electron chi connectivity index (χ1n) is 9.25. The van der Waals surface area contributed by atoms with Crippen molar-refractivity contribution in [3.05, 3.63) is 83.0 Å². The van der Waals surface area contributed by atoms with Gasteiger partial charge in [0.15, 0.2) is 17.9 Å². The van der Waals surface area contributed by atoms with Crippen LogP contribution in [-0.2, 0) is 4.74 Å². The smallest absolute Gasteiger partial charge is 0.363 e. The van der Waals surface area contributed by atoms with Gasteiger partial charge >= 0.3 is 5.82 Å². The number of carbonyl (C=O) groups is 1. The minimum atomic E-state index is -0.614. The Bertz CT molecular complexity index is 943. The molecule has 0 spiro atoms. The van der Waals surface area contributed by atoms with Gasteiger partial charge in [0, 0.05) is 43.8 Å². The van der Waals surface area contributed by atoms with E-state index in [-0.39, 0.29) is 17.2 Å². The van der Waals surface area contributed by atoms with E-state index in [4.69, 9.17) is 4.74 Å². The van der Waals surface area contributed by atoms with Crippen LogP contribution in [-0.4, -0.2) is 35.4 Å². The van der Waals surface area contributed by atoms with Crippen molar-refractivity contribution in [2.45, 2.75) is 26.4 Å². The highest BCUT2D eigenvalue weighted by atomic mass is 16.6. The molecule has 0 aliphatic carbocycles. The fourth-order valence-electron chi connectivity index (χ4n) is 2.51. The van der Waals surface area contributed by atoms with Gasteiger partial charge in [-0.05, 0) is 67.6 Å². The van der Waals surface area contributed by atoms with E-state index in [0.717, 1.165) is 11.4 Å². The molecule has 0 aliphatic heterocycles. The molecule has 0 saturated carbocycles. The Morgan fingerprint density at radius 1 is 1.13 bits per heavy atom. The number of anilines is 2. The van der Waals surface area contributed by atoms with Crippen LogP contribution in [0.15, 0.2) is 67.3 Å². The van der Waals surface area contributed by atoms with Crippen LogP contribution in [0.25, 0.3) is 0 Å². The average molecular weight is 410 g/mol. The molecule has 0 N–H and O–H groups in total. The summed E-state index contributed by atoms with van der Waals surface area (Å²) in [6.07, 6.45) is 4.09. The highest BCUT2D eigenvalue weighted by Gasteiger charge is 2.18. The van der Waals surface area contributed by atoms with Gasteiger partial charge in [-0.1, -0.05) is 0 Å². The van der Waals surface area contributed by atoms with Gasteiger partial charge in [0.05, 0.1) is 5.56 Å². The maximum Gasteiger partial charge on any atom is 0.363 e. The predicted molar refractivity (Wildman–Crippen MR) is 118 cm³/mol. The Labute approximate surface area is 176 Å². The normalized spacial score (nSPS) is 11.2. The molecule has 0 bridgehead atoms. The van der Waals surface area contributed by atoms with Crippen LogP contribution in [0.1, 0.15) is 31.1 Å². The quantitative estimate of drug-likeness (QED) is 0.207. The number of hydrogen-bond acceptors (Lipinski definition) is 7. The van der Waals surface area contributed by atoms with Gasteiger partial charge in [-0.2, -0.15) is 0 Å². The van der Waals surface area contributed by atoms with Gasteiger partial charge in [-0.3, -0.25) is 9.69 Å². The lowest BCUT2D eigenvalue weighted by molar-refractivity contribution is -0.389. The molecule has 0 amide bonds. The first-order valence-corrected chi connectivity index (χ1v) is 9.25. The SMILES string of the molecule is C=C(OC(C)(C)C)N(/C=C/C(=O)c1ccc([N+](=O)[O-])nc1)c1ccc(N(C)C)cc1. The summed E-state index contributed by atoms with van der Waals surface area (Å²) in [7, 11) is 3.90. The summed E-state index contributed by atoms with van der Waals surface area (Å²) in [6.45, 7) is 9.72. The van der Waals surface area contributed by atoms with Crippen molar-refractivity contribution in [3.8, 4) is 0 Å². The van der Waals surface area contributed by atoms with Crippen LogP contribution in [0.5, 0.6) is 0 Å². The molecular weight excluding hydrogens is 384 g/mol. The van der Waals surface area contributed by atoms with Crippen LogP contribution in [0.3, 0.4) is 0 Å². The van der Waals surface area contributed by atoms with Crippen molar-refractivity contribution in [2.24, 2.45) is 0 Å². The first kappa shape index (κ1) is 22.6. The van der Waals surface area contributed by atoms with E-state index in [1.807, 2.05) is 64.0 Å². The molecular formula is C22H26N4O4. The molecule has 1 aromatic carbocycles. The molecule has 30 heavy (non-hydrogen) atoms. The molecule has 8 heteroatoms. The Kier molecular flexibility index (Phi) is 6.94. The number of ketones is 1. The van der Waals surface area contributed by atoms with Gasteiger partial charge < -0.3 is 19.8 Å². The Morgan fingerprint density at radius 3 is 2.20 bits per heavy atom. The topological polar surface area (TPSA) is 88.8 Å². The number of allylic oxidation sites excluding steroid dienone is 1. The van der Waals surface area contributed by atoms with Crippen molar-refractivity contribution < 1.29 is 14.5 Å². The monoisotopic (exact) mass is 410 g/mol. The zero-order chi connectivity index (χ0) is 22.5. The van der Waals surface area contributed by atoms with Gasteiger partial charge in [0.2, 0.25) is 0 Å². The van der Waals surface area contributed by atoms with Crippen LogP contribution in [0.2, 0.25) is 0 Å². The van der Waals surface area contributed by atoms with E-state index >= 15 is 0 Å². The number of hydrogen-bond donors (Lipinski definition) is 0. The van der Waals surface area contributed by atoms with Crippen LogP contribution >= 0.6 is 0 Å². The largest absolute Gasteiger partial charge is 0.473 e. The zero-order valence-corrected chi connectivity index (χ0v) is 17.8. The molecule has 2 aromatic rings. The van der Waals surface area contributed by atoms with Crippen LogP contribution < -0.4 is 9.80 Å². The number of aromatic nitrogens is 1. The number of rotatable bonds is 8. The third-order valence-electron chi connectivity index (χ3n) is 3.93. The maximum absolute atomic E-state index is 12.5. The van der Waals surface area contributed by atoms with Crippen molar-refractivity contribution in [1.82, 2.24) is 4.98 Å². The number of ether oxygens (including phenoxy) is 1. The maximum atomic E-state index is 12.5. The molecule has 0 saturated heterocycles. The summed E-state index contributed by atoms with van der Waals surface area (Å²) in [4.78, 5) is 29.9. The zero-order valence-electron chi connectivity index (χ0n) is 17.8. The summed E-state index contributed by atoms with van der Waals surface area (Å²) in [5.41, 5.74) is 1.56. The number of nitro groups is 1. The van der Waals surface area contributed by atoms with Crippen molar-refractivity contribution in [3.63, 3.8) is 0 Å². The molecule has 1 heterocycles. The summed E-state index contributed by atoms with van der Waals surface area (Å²) < 4.78 is 5.88. The fourth-order valence-corrected chi connectivity index (χ4v) is 2.51. The average Bonchev–Trinajstić information content (AvgIpc) is 2.67.